The minimum atomic E-state index is -0.0710. The van der Waals surface area contributed by atoms with Gasteiger partial charge in [0.15, 0.2) is 5.65 Å². The van der Waals surface area contributed by atoms with Crippen LogP contribution in [-0.2, 0) is 4.79 Å². The smallest absolute Gasteiger partial charge is 0.246 e. The van der Waals surface area contributed by atoms with Gasteiger partial charge in [0.25, 0.3) is 0 Å². The van der Waals surface area contributed by atoms with E-state index in [4.69, 9.17) is 0 Å². The molecule has 0 bridgehead atoms. The molecule has 26 heavy (non-hydrogen) atoms. The summed E-state index contributed by atoms with van der Waals surface area (Å²) in [5.41, 5.74) is 4.43. The fourth-order valence-corrected chi connectivity index (χ4v) is 2.94. The van der Waals surface area contributed by atoms with Gasteiger partial charge in [0.05, 0.1) is 12.4 Å². The maximum Gasteiger partial charge on any atom is 0.246 e. The number of imidazole rings is 1. The molecule has 0 saturated heterocycles. The zero-order valence-electron chi connectivity index (χ0n) is 14.6. The fourth-order valence-electron chi connectivity index (χ4n) is 2.94. The van der Waals surface area contributed by atoms with Crippen LogP contribution < -0.4 is 0 Å². The summed E-state index contributed by atoms with van der Waals surface area (Å²) in [5.74, 6) is -0.0710. The molecule has 1 aromatic carbocycles. The topological polar surface area (TPSA) is 77.7 Å². The number of H-pyrrole nitrogens is 2. The van der Waals surface area contributed by atoms with Crippen LogP contribution in [0.3, 0.4) is 0 Å². The number of hydrogen-bond donors (Lipinski definition) is 2. The number of carbonyl (C=O) groups excluding carboxylic acids is 1. The molecule has 1 atom stereocenters. The highest BCUT2D eigenvalue weighted by atomic mass is 16.2. The molecule has 0 saturated carbocycles. The summed E-state index contributed by atoms with van der Waals surface area (Å²) in [4.78, 5) is 29.0. The number of aromatic amines is 2. The summed E-state index contributed by atoms with van der Waals surface area (Å²) in [7, 11) is 1.80. The lowest BCUT2D eigenvalue weighted by Gasteiger charge is -2.22. The third-order valence-corrected chi connectivity index (χ3v) is 4.64. The molecular formula is C20H19N5O. The molecule has 4 rings (SSSR count). The molecule has 3 aromatic heterocycles. The van der Waals surface area contributed by atoms with E-state index in [1.807, 2.05) is 31.2 Å². The lowest BCUT2D eigenvalue weighted by atomic mass is 10.2. The van der Waals surface area contributed by atoms with Crippen molar-refractivity contribution in [1.29, 1.82) is 0 Å². The van der Waals surface area contributed by atoms with Gasteiger partial charge >= 0.3 is 0 Å². The van der Waals surface area contributed by atoms with Gasteiger partial charge < -0.3 is 14.9 Å². The van der Waals surface area contributed by atoms with Gasteiger partial charge in [0.1, 0.15) is 5.52 Å². The molecule has 0 fully saturated rings. The lowest BCUT2D eigenvalue weighted by Crippen LogP contribution is -2.28. The van der Waals surface area contributed by atoms with Gasteiger partial charge in [-0.25, -0.2) is 9.97 Å². The number of pyridine rings is 1. The van der Waals surface area contributed by atoms with Crippen molar-refractivity contribution < 1.29 is 4.79 Å². The number of amides is 1. The fraction of sp³-hybridized carbons (Fsp3) is 0.150. The van der Waals surface area contributed by atoms with Crippen LogP contribution in [0.15, 0.2) is 55.0 Å². The van der Waals surface area contributed by atoms with Crippen molar-refractivity contribution in [3.05, 3.63) is 66.3 Å². The molecular weight excluding hydrogens is 326 g/mol. The standard InChI is InChI=1S/C20H19N5O/c1-13(17-10-15-5-3-4-6-16(15)24-17)25(2)19(26)8-7-14-9-18-20(21-11-14)23-12-22-18/h3-13,24H,1-2H3,(H,21,22,23). The van der Waals surface area contributed by atoms with Gasteiger partial charge in [0, 0.05) is 30.5 Å². The van der Waals surface area contributed by atoms with E-state index in [1.54, 1.807) is 36.6 Å². The number of hydrogen-bond acceptors (Lipinski definition) is 3. The Bertz CT molecular complexity index is 1070. The maximum absolute atomic E-state index is 12.5. The average Bonchev–Trinajstić information content (AvgIpc) is 3.30. The Morgan fingerprint density at radius 3 is 2.92 bits per heavy atom. The van der Waals surface area contributed by atoms with E-state index in [0.717, 1.165) is 33.3 Å². The predicted octanol–water partition coefficient (Wildman–Crippen LogP) is 3.67. The Morgan fingerprint density at radius 1 is 1.23 bits per heavy atom. The number of para-hydroxylation sites is 1. The normalized spacial score (nSPS) is 12.8. The van der Waals surface area contributed by atoms with Crippen molar-refractivity contribution in [1.82, 2.24) is 24.8 Å². The molecule has 6 heteroatoms. The third-order valence-electron chi connectivity index (χ3n) is 4.64. The molecule has 3 heterocycles. The summed E-state index contributed by atoms with van der Waals surface area (Å²) in [5, 5.41) is 1.14. The van der Waals surface area contributed by atoms with Crippen LogP contribution in [0, 0.1) is 0 Å². The minimum Gasteiger partial charge on any atom is -0.357 e. The number of rotatable bonds is 4. The van der Waals surface area contributed by atoms with Crippen molar-refractivity contribution in [2.45, 2.75) is 13.0 Å². The van der Waals surface area contributed by atoms with Crippen molar-refractivity contribution in [2.24, 2.45) is 0 Å². The van der Waals surface area contributed by atoms with Gasteiger partial charge in [-0.05, 0) is 42.1 Å². The molecule has 0 aliphatic rings. The Labute approximate surface area is 150 Å². The van der Waals surface area contributed by atoms with Gasteiger partial charge in [-0.2, -0.15) is 0 Å². The average molecular weight is 345 g/mol. The van der Waals surface area contributed by atoms with E-state index in [-0.39, 0.29) is 11.9 Å². The monoisotopic (exact) mass is 345 g/mol. The molecule has 0 aliphatic carbocycles. The second kappa shape index (κ2) is 6.48. The highest BCUT2D eigenvalue weighted by Gasteiger charge is 2.17. The minimum absolute atomic E-state index is 0.0634. The van der Waals surface area contributed by atoms with Crippen molar-refractivity contribution in [3.8, 4) is 0 Å². The summed E-state index contributed by atoms with van der Waals surface area (Å²) >= 11 is 0. The second-order valence-electron chi connectivity index (χ2n) is 6.31. The first-order chi connectivity index (χ1) is 12.6. The molecule has 0 aliphatic heterocycles. The highest BCUT2D eigenvalue weighted by molar-refractivity contribution is 5.92. The number of nitrogens with one attached hydrogen (secondary N) is 2. The van der Waals surface area contributed by atoms with Crippen LogP contribution in [0.2, 0.25) is 0 Å². The molecule has 6 nitrogen and oxygen atoms in total. The van der Waals surface area contributed by atoms with E-state index < -0.39 is 0 Å². The van der Waals surface area contributed by atoms with Gasteiger partial charge in [0.2, 0.25) is 5.91 Å². The Morgan fingerprint density at radius 2 is 2.08 bits per heavy atom. The molecule has 1 amide bonds. The van der Waals surface area contributed by atoms with Crippen LogP contribution in [0.4, 0.5) is 0 Å². The van der Waals surface area contributed by atoms with Crippen molar-refractivity contribution >= 4 is 34.1 Å². The molecule has 0 radical (unpaired) electrons. The van der Waals surface area contributed by atoms with E-state index in [0.29, 0.717) is 0 Å². The number of fused-ring (bicyclic) bond motifs is 2. The number of aromatic nitrogens is 4. The van der Waals surface area contributed by atoms with E-state index in [1.165, 1.54) is 0 Å². The number of carbonyl (C=O) groups is 1. The third kappa shape index (κ3) is 2.97. The molecule has 2 N–H and O–H groups in total. The van der Waals surface area contributed by atoms with Crippen molar-refractivity contribution in [2.75, 3.05) is 7.05 Å². The van der Waals surface area contributed by atoms with E-state index >= 15 is 0 Å². The largest absolute Gasteiger partial charge is 0.357 e. The van der Waals surface area contributed by atoms with Crippen LogP contribution in [0.25, 0.3) is 28.1 Å². The quantitative estimate of drug-likeness (QED) is 0.554. The van der Waals surface area contributed by atoms with Gasteiger partial charge in [-0.1, -0.05) is 18.2 Å². The molecule has 4 aromatic rings. The number of benzene rings is 1. The summed E-state index contributed by atoms with van der Waals surface area (Å²) < 4.78 is 0. The summed E-state index contributed by atoms with van der Waals surface area (Å²) in [6.07, 6.45) is 6.64. The zero-order chi connectivity index (χ0) is 18.1. The molecule has 130 valence electrons. The molecule has 1 unspecified atom stereocenters. The van der Waals surface area contributed by atoms with Crippen LogP contribution in [0.1, 0.15) is 24.2 Å². The summed E-state index contributed by atoms with van der Waals surface area (Å²) in [6, 6.07) is 12.0. The Kier molecular flexibility index (Phi) is 4.01. The first-order valence-electron chi connectivity index (χ1n) is 8.43. The maximum atomic E-state index is 12.5. The van der Waals surface area contributed by atoms with E-state index in [2.05, 4.69) is 32.1 Å². The Balaban J connectivity index is 1.50. The van der Waals surface area contributed by atoms with Crippen LogP contribution in [0.5, 0.6) is 0 Å². The highest BCUT2D eigenvalue weighted by Crippen LogP contribution is 2.23. The lowest BCUT2D eigenvalue weighted by molar-refractivity contribution is -0.126. The first kappa shape index (κ1) is 16.1. The molecule has 0 spiro atoms. The van der Waals surface area contributed by atoms with Crippen LogP contribution in [-0.4, -0.2) is 37.8 Å². The van der Waals surface area contributed by atoms with Gasteiger partial charge in [-0.3, -0.25) is 4.79 Å². The van der Waals surface area contributed by atoms with Gasteiger partial charge in [-0.15, -0.1) is 0 Å². The zero-order valence-corrected chi connectivity index (χ0v) is 14.6. The number of nitrogens with zero attached hydrogens (tertiary/aromatic N) is 3. The SMILES string of the molecule is CC(c1cc2ccccc2[nH]1)N(C)C(=O)C=Cc1cnc2[nH]cnc2c1. The summed E-state index contributed by atoms with van der Waals surface area (Å²) in [6.45, 7) is 2.01. The predicted molar refractivity (Wildman–Crippen MR) is 102 cm³/mol. The van der Waals surface area contributed by atoms with Crippen molar-refractivity contribution in [3.63, 3.8) is 0 Å². The Hall–Kier alpha value is -3.41. The van der Waals surface area contributed by atoms with E-state index in [9.17, 15) is 4.79 Å². The number of likely N-dealkylation sites (N-methyl/N-ethyl adjacent to an activating group) is 1. The van der Waals surface area contributed by atoms with Crippen LogP contribution >= 0.6 is 0 Å². The first-order valence-corrected chi connectivity index (χ1v) is 8.43. The second-order valence-corrected chi connectivity index (χ2v) is 6.31.